The summed E-state index contributed by atoms with van der Waals surface area (Å²) in [6, 6.07) is 34.2. The second-order valence-corrected chi connectivity index (χ2v) is 8.82. The third-order valence-corrected chi connectivity index (χ3v) is 5.68. The lowest BCUT2D eigenvalue weighted by Gasteiger charge is -1.98. The van der Waals surface area contributed by atoms with E-state index in [1.807, 2.05) is 13.8 Å². The van der Waals surface area contributed by atoms with E-state index in [9.17, 15) is 0 Å². The highest BCUT2D eigenvalue weighted by atomic mass is 14.0. The van der Waals surface area contributed by atoms with E-state index in [1.54, 1.807) is 0 Å². The summed E-state index contributed by atoms with van der Waals surface area (Å²) >= 11 is 0. The smallest absolute Gasteiger partial charge is 0.0256 e. The fourth-order valence-corrected chi connectivity index (χ4v) is 3.56. The second kappa shape index (κ2) is 14.3. The molecule has 0 aliphatic rings. The largest absolute Gasteiger partial charge is 0.0871 e. The maximum atomic E-state index is 2.14. The van der Waals surface area contributed by atoms with E-state index in [2.05, 4.69) is 160 Å². The van der Waals surface area contributed by atoms with Crippen LogP contribution in [0.4, 0.5) is 0 Å². The molecule has 4 rings (SSSR count). The van der Waals surface area contributed by atoms with Crippen molar-refractivity contribution in [2.75, 3.05) is 0 Å². The lowest BCUT2D eigenvalue weighted by molar-refractivity contribution is 1.46. The molecule has 0 nitrogen and oxygen atoms in total. The predicted octanol–water partition coefficient (Wildman–Crippen LogP) is 10.4. The van der Waals surface area contributed by atoms with E-state index >= 15 is 0 Å². The summed E-state index contributed by atoms with van der Waals surface area (Å²) in [4.78, 5) is 0. The van der Waals surface area contributed by atoms with Gasteiger partial charge in [-0.15, -0.1) is 0 Å². The van der Waals surface area contributed by atoms with Gasteiger partial charge in [0, 0.05) is 0 Å². The molecule has 4 aromatic rings. The quantitative estimate of drug-likeness (QED) is 0.247. The zero-order chi connectivity index (χ0) is 25.6. The van der Waals surface area contributed by atoms with Crippen LogP contribution in [0, 0.1) is 13.8 Å². The van der Waals surface area contributed by atoms with Gasteiger partial charge < -0.3 is 0 Å². The van der Waals surface area contributed by atoms with Crippen LogP contribution in [0.5, 0.6) is 0 Å². The Morgan fingerprint density at radius 3 is 0.722 bits per heavy atom. The lowest BCUT2D eigenvalue weighted by atomic mass is 10.1. The molecule has 0 bridgehead atoms. The summed E-state index contributed by atoms with van der Waals surface area (Å²) in [6.07, 6.45) is 16.9. The predicted molar refractivity (Wildman–Crippen MR) is 163 cm³/mol. The Bertz CT molecular complexity index is 1190. The Hall–Kier alpha value is -4.16. The van der Waals surface area contributed by atoms with E-state index in [4.69, 9.17) is 0 Å². The van der Waals surface area contributed by atoms with Crippen LogP contribution >= 0.6 is 0 Å². The van der Waals surface area contributed by atoms with Crippen LogP contribution in [0.2, 0.25) is 0 Å². The first-order valence-corrected chi connectivity index (χ1v) is 12.5. The highest BCUT2D eigenvalue weighted by Crippen LogP contribution is 2.13. The van der Waals surface area contributed by atoms with Gasteiger partial charge in [0.05, 0.1) is 0 Å². The van der Waals surface area contributed by atoms with Gasteiger partial charge in [0.25, 0.3) is 0 Å². The van der Waals surface area contributed by atoms with Crippen molar-refractivity contribution in [1.29, 1.82) is 0 Å². The molecular formula is C36H36. The van der Waals surface area contributed by atoms with Gasteiger partial charge in [-0.2, -0.15) is 0 Å². The summed E-state index contributed by atoms with van der Waals surface area (Å²) in [7, 11) is 0. The van der Waals surface area contributed by atoms with Gasteiger partial charge in [-0.05, 0) is 61.1 Å². The molecule has 180 valence electrons. The monoisotopic (exact) mass is 468 g/mol. The molecule has 0 radical (unpaired) electrons. The first-order valence-electron chi connectivity index (χ1n) is 12.5. The van der Waals surface area contributed by atoms with Gasteiger partial charge >= 0.3 is 0 Å². The molecule has 0 saturated carbocycles. The summed E-state index contributed by atoms with van der Waals surface area (Å²) in [5.41, 5.74) is 9.99. The van der Waals surface area contributed by atoms with Crippen LogP contribution in [0.1, 0.15) is 58.4 Å². The van der Waals surface area contributed by atoms with Crippen molar-refractivity contribution in [3.8, 4) is 0 Å². The highest BCUT2D eigenvalue weighted by molar-refractivity contribution is 5.71. The second-order valence-electron chi connectivity index (χ2n) is 8.82. The Balaban J connectivity index is 0.000000205. The molecule has 4 aromatic carbocycles. The molecule has 36 heavy (non-hydrogen) atoms. The average Bonchev–Trinajstić information content (AvgIpc) is 2.90. The third-order valence-electron chi connectivity index (χ3n) is 5.68. The molecule has 0 atom stereocenters. The van der Waals surface area contributed by atoms with Crippen molar-refractivity contribution in [2.45, 2.75) is 27.7 Å². The first-order chi connectivity index (χ1) is 17.6. The summed E-state index contributed by atoms with van der Waals surface area (Å²) in [6.45, 7) is 8.28. The maximum absolute atomic E-state index is 2.14. The van der Waals surface area contributed by atoms with Crippen LogP contribution < -0.4 is 0 Å². The maximum Gasteiger partial charge on any atom is -0.0256 e. The number of hydrogen-bond acceptors (Lipinski definition) is 0. The molecule has 0 unspecified atom stereocenters. The number of benzene rings is 4. The van der Waals surface area contributed by atoms with Crippen molar-refractivity contribution in [3.63, 3.8) is 0 Å². The Morgan fingerprint density at radius 1 is 0.306 bits per heavy atom. The van der Waals surface area contributed by atoms with E-state index in [1.165, 1.54) is 44.5 Å². The van der Waals surface area contributed by atoms with Crippen LogP contribution in [-0.4, -0.2) is 0 Å². The van der Waals surface area contributed by atoms with Crippen molar-refractivity contribution in [3.05, 3.63) is 154 Å². The van der Waals surface area contributed by atoms with Gasteiger partial charge in [0.15, 0.2) is 0 Å². The SMILES string of the molecule is CC=Cc1ccc(C=Cc2ccc(C=CC)cc2)cc1.Cc1ccc(C=Cc2ccc(C)cc2)cc1. The zero-order valence-corrected chi connectivity index (χ0v) is 21.9. The normalized spacial score (nSPS) is 11.4. The molecule has 0 heteroatoms. The molecule has 0 aliphatic carbocycles. The zero-order valence-electron chi connectivity index (χ0n) is 21.9. The van der Waals surface area contributed by atoms with E-state index < -0.39 is 0 Å². The molecule has 0 aliphatic heterocycles. The number of hydrogen-bond donors (Lipinski definition) is 0. The Labute approximate surface area is 217 Å². The first kappa shape index (κ1) is 26.4. The summed E-state index contributed by atoms with van der Waals surface area (Å²) in [5, 5.41) is 0. The lowest BCUT2D eigenvalue weighted by Crippen LogP contribution is -1.76. The van der Waals surface area contributed by atoms with Gasteiger partial charge in [-0.25, -0.2) is 0 Å². The van der Waals surface area contributed by atoms with Gasteiger partial charge in [0.1, 0.15) is 0 Å². The number of rotatable bonds is 6. The Morgan fingerprint density at radius 2 is 0.500 bits per heavy atom. The van der Waals surface area contributed by atoms with Crippen molar-refractivity contribution >= 4 is 36.5 Å². The van der Waals surface area contributed by atoms with Crippen molar-refractivity contribution < 1.29 is 0 Å². The van der Waals surface area contributed by atoms with Gasteiger partial charge in [-0.1, -0.05) is 157 Å². The minimum atomic E-state index is 1.22. The van der Waals surface area contributed by atoms with E-state index in [0.29, 0.717) is 0 Å². The summed E-state index contributed by atoms with van der Waals surface area (Å²) < 4.78 is 0. The Kier molecular flexibility index (Phi) is 10.5. The molecule has 0 aromatic heterocycles. The number of allylic oxidation sites excluding steroid dienone is 2. The molecule has 0 amide bonds. The molecular weight excluding hydrogens is 432 g/mol. The van der Waals surface area contributed by atoms with Gasteiger partial charge in [0.2, 0.25) is 0 Å². The third kappa shape index (κ3) is 9.24. The topological polar surface area (TPSA) is 0 Å². The fraction of sp³-hybridized carbons (Fsp3) is 0.111. The van der Waals surface area contributed by atoms with Crippen molar-refractivity contribution in [1.82, 2.24) is 0 Å². The fourth-order valence-electron chi connectivity index (χ4n) is 3.56. The van der Waals surface area contributed by atoms with Crippen LogP contribution in [0.15, 0.2) is 109 Å². The summed E-state index contributed by atoms with van der Waals surface area (Å²) in [5.74, 6) is 0. The van der Waals surface area contributed by atoms with Crippen LogP contribution in [0.3, 0.4) is 0 Å². The average molecular weight is 469 g/mol. The highest BCUT2D eigenvalue weighted by Gasteiger charge is 1.91. The van der Waals surface area contributed by atoms with Crippen LogP contribution in [0.25, 0.3) is 36.5 Å². The minimum Gasteiger partial charge on any atom is -0.0871 e. The van der Waals surface area contributed by atoms with E-state index in [-0.39, 0.29) is 0 Å². The minimum absolute atomic E-state index is 1.22. The molecule has 0 N–H and O–H groups in total. The van der Waals surface area contributed by atoms with Crippen LogP contribution in [-0.2, 0) is 0 Å². The molecule has 0 saturated heterocycles. The van der Waals surface area contributed by atoms with Crippen molar-refractivity contribution in [2.24, 2.45) is 0 Å². The molecule has 0 spiro atoms. The van der Waals surface area contributed by atoms with Gasteiger partial charge in [-0.3, -0.25) is 0 Å². The van der Waals surface area contributed by atoms with E-state index in [0.717, 1.165) is 0 Å². The molecule has 0 fully saturated rings. The number of aryl methyl sites for hydroxylation is 2. The molecule has 0 heterocycles. The standard InChI is InChI=1S/C20H20.C16H16/c1-3-5-17-7-11-19(12-8-17)15-16-20-13-9-18(6-4-2)10-14-20;1-13-3-7-15(8-4-13)11-12-16-9-5-14(2)6-10-16/h3-16H,1-2H3;3-12H,1-2H3.